The van der Waals surface area contributed by atoms with Crippen LogP contribution in [-0.2, 0) is 0 Å². The van der Waals surface area contributed by atoms with E-state index in [1.807, 2.05) is 0 Å². The molecule has 0 bridgehead atoms. The lowest BCUT2D eigenvalue weighted by molar-refractivity contribution is 0.102. The lowest BCUT2D eigenvalue weighted by Crippen LogP contribution is -2.15. The molecule has 0 aliphatic carbocycles. The predicted octanol–water partition coefficient (Wildman–Crippen LogP) is 1.73. The minimum atomic E-state index is -0.427. The molecule has 1 unspecified atom stereocenters. The molecule has 0 spiro atoms. The van der Waals surface area contributed by atoms with E-state index >= 15 is 0 Å². The first-order valence-corrected chi connectivity index (χ1v) is 7.19. The molecule has 4 N–H and O–H groups in total. The standard InChI is InChI=1S/C11H10ClN7OS/c1-4(13)10-16-5(2-21-10)9(20)19-11-17-7(12)6-8(18-11)15-3-14-6/h2-4H,13H2,1H3,(H2,14,15,17,18,19,20). The molecule has 0 saturated heterocycles. The molecule has 21 heavy (non-hydrogen) atoms. The monoisotopic (exact) mass is 323 g/mol. The lowest BCUT2D eigenvalue weighted by atomic mass is 10.4. The number of H-pyrrole nitrogens is 1. The first-order valence-electron chi connectivity index (χ1n) is 5.93. The van der Waals surface area contributed by atoms with Crippen LogP contribution in [0.3, 0.4) is 0 Å². The van der Waals surface area contributed by atoms with Gasteiger partial charge in [0.15, 0.2) is 10.8 Å². The number of carbonyl (C=O) groups is 1. The summed E-state index contributed by atoms with van der Waals surface area (Å²) in [5.41, 5.74) is 6.86. The summed E-state index contributed by atoms with van der Waals surface area (Å²) in [5.74, 6) is -0.357. The topological polar surface area (TPSA) is 122 Å². The van der Waals surface area contributed by atoms with E-state index in [2.05, 4.69) is 30.2 Å². The number of aromatic amines is 1. The smallest absolute Gasteiger partial charge is 0.277 e. The van der Waals surface area contributed by atoms with E-state index < -0.39 is 5.91 Å². The van der Waals surface area contributed by atoms with Crippen molar-refractivity contribution in [1.29, 1.82) is 0 Å². The Labute approximate surface area is 127 Å². The number of amides is 1. The van der Waals surface area contributed by atoms with Gasteiger partial charge >= 0.3 is 0 Å². The molecule has 0 radical (unpaired) electrons. The molecule has 3 aromatic rings. The Morgan fingerprint density at radius 2 is 2.29 bits per heavy atom. The van der Waals surface area contributed by atoms with Gasteiger partial charge in [0.2, 0.25) is 5.95 Å². The van der Waals surface area contributed by atoms with Crippen LogP contribution in [-0.4, -0.2) is 30.8 Å². The SMILES string of the molecule is CC(N)c1nc(C(=O)Nc2nc(Cl)c3[nH]cnc3n2)cs1. The Bertz CT molecular complexity index is 812. The molecule has 0 aliphatic rings. The second-order valence-electron chi connectivity index (χ2n) is 4.25. The van der Waals surface area contributed by atoms with E-state index in [-0.39, 0.29) is 22.8 Å². The molecular formula is C11H10ClN7OS. The van der Waals surface area contributed by atoms with Crippen molar-refractivity contribution in [1.82, 2.24) is 24.9 Å². The fourth-order valence-electron chi connectivity index (χ4n) is 1.62. The normalized spacial score (nSPS) is 12.5. The Morgan fingerprint density at radius 1 is 1.48 bits per heavy atom. The van der Waals surface area contributed by atoms with E-state index in [1.54, 1.807) is 12.3 Å². The van der Waals surface area contributed by atoms with Crippen LogP contribution in [0.1, 0.15) is 28.5 Å². The molecule has 3 aromatic heterocycles. The minimum Gasteiger partial charge on any atom is -0.341 e. The zero-order chi connectivity index (χ0) is 15.0. The highest BCUT2D eigenvalue weighted by atomic mass is 35.5. The fourth-order valence-corrected chi connectivity index (χ4v) is 2.60. The van der Waals surface area contributed by atoms with Crippen LogP contribution in [0, 0.1) is 0 Å². The van der Waals surface area contributed by atoms with E-state index in [4.69, 9.17) is 17.3 Å². The summed E-state index contributed by atoms with van der Waals surface area (Å²) >= 11 is 7.30. The Morgan fingerprint density at radius 3 is 3.00 bits per heavy atom. The summed E-state index contributed by atoms with van der Waals surface area (Å²) < 4.78 is 0. The number of thiazole rings is 1. The second-order valence-corrected chi connectivity index (χ2v) is 5.50. The molecule has 1 atom stereocenters. The number of rotatable bonds is 3. The van der Waals surface area contributed by atoms with E-state index in [0.717, 1.165) is 0 Å². The molecule has 0 aromatic carbocycles. The van der Waals surface area contributed by atoms with Gasteiger partial charge in [-0.1, -0.05) is 11.6 Å². The van der Waals surface area contributed by atoms with Gasteiger partial charge in [-0.25, -0.2) is 9.97 Å². The summed E-state index contributed by atoms with van der Waals surface area (Å²) in [4.78, 5) is 31.1. The molecule has 0 saturated carbocycles. The van der Waals surface area contributed by atoms with Crippen LogP contribution >= 0.6 is 22.9 Å². The number of nitrogens with one attached hydrogen (secondary N) is 2. The summed E-state index contributed by atoms with van der Waals surface area (Å²) in [7, 11) is 0. The molecule has 1 amide bonds. The molecule has 3 rings (SSSR count). The van der Waals surface area contributed by atoms with Gasteiger partial charge in [-0.3, -0.25) is 10.1 Å². The molecule has 8 nitrogen and oxygen atoms in total. The maximum Gasteiger partial charge on any atom is 0.277 e. The van der Waals surface area contributed by atoms with Gasteiger partial charge in [-0.15, -0.1) is 11.3 Å². The third-order valence-electron chi connectivity index (χ3n) is 2.61. The van der Waals surface area contributed by atoms with Crippen molar-refractivity contribution in [2.45, 2.75) is 13.0 Å². The van der Waals surface area contributed by atoms with E-state index in [9.17, 15) is 4.79 Å². The average molecular weight is 324 g/mol. The number of halogens is 1. The van der Waals surface area contributed by atoms with Crippen LogP contribution in [0.2, 0.25) is 5.15 Å². The number of imidazole rings is 1. The number of hydrogen-bond donors (Lipinski definition) is 3. The number of anilines is 1. The van der Waals surface area contributed by atoms with Crippen molar-refractivity contribution in [3.63, 3.8) is 0 Å². The Kier molecular flexibility index (Phi) is 3.53. The first-order chi connectivity index (χ1) is 10.0. The molecule has 3 heterocycles. The average Bonchev–Trinajstić information content (AvgIpc) is 3.07. The zero-order valence-electron chi connectivity index (χ0n) is 10.8. The summed E-state index contributed by atoms with van der Waals surface area (Å²) in [6.45, 7) is 1.80. The van der Waals surface area contributed by atoms with Gasteiger partial charge in [0.05, 0.1) is 12.4 Å². The maximum atomic E-state index is 12.1. The van der Waals surface area contributed by atoms with Gasteiger partial charge < -0.3 is 10.7 Å². The molecule has 10 heteroatoms. The molecule has 108 valence electrons. The summed E-state index contributed by atoms with van der Waals surface area (Å²) in [5, 5.41) is 5.03. The third kappa shape index (κ3) is 2.71. The lowest BCUT2D eigenvalue weighted by Gasteiger charge is -2.02. The summed E-state index contributed by atoms with van der Waals surface area (Å²) in [6, 6.07) is -0.220. The van der Waals surface area contributed by atoms with E-state index in [1.165, 1.54) is 17.7 Å². The Balaban J connectivity index is 1.85. The number of nitrogens with two attached hydrogens (primary N) is 1. The molecule has 0 fully saturated rings. The van der Waals surface area contributed by atoms with Crippen molar-refractivity contribution in [3.05, 3.63) is 27.6 Å². The van der Waals surface area contributed by atoms with Crippen LogP contribution in [0.4, 0.5) is 5.95 Å². The van der Waals surface area contributed by atoms with Gasteiger partial charge in [-0.2, -0.15) is 9.97 Å². The predicted molar refractivity (Wildman–Crippen MR) is 79.4 cm³/mol. The highest BCUT2D eigenvalue weighted by molar-refractivity contribution is 7.09. The number of nitrogens with zero attached hydrogens (tertiary/aromatic N) is 4. The summed E-state index contributed by atoms with van der Waals surface area (Å²) in [6.07, 6.45) is 1.45. The first kappa shape index (κ1) is 13.9. The van der Waals surface area contributed by atoms with Gasteiger partial charge in [0.25, 0.3) is 5.91 Å². The quantitative estimate of drug-likeness (QED) is 0.631. The van der Waals surface area contributed by atoms with Gasteiger partial charge in [0, 0.05) is 5.38 Å². The zero-order valence-corrected chi connectivity index (χ0v) is 12.4. The van der Waals surface area contributed by atoms with Gasteiger partial charge in [-0.05, 0) is 6.92 Å². The van der Waals surface area contributed by atoms with Crippen molar-refractivity contribution < 1.29 is 4.79 Å². The van der Waals surface area contributed by atoms with Crippen LogP contribution in [0.25, 0.3) is 11.2 Å². The highest BCUT2D eigenvalue weighted by Crippen LogP contribution is 2.19. The van der Waals surface area contributed by atoms with Gasteiger partial charge in [0.1, 0.15) is 16.2 Å². The fraction of sp³-hybridized carbons (Fsp3) is 0.182. The molecular weight excluding hydrogens is 314 g/mol. The van der Waals surface area contributed by atoms with Crippen molar-refractivity contribution in [2.24, 2.45) is 5.73 Å². The Hall–Kier alpha value is -2.10. The van der Waals surface area contributed by atoms with Crippen LogP contribution in [0.5, 0.6) is 0 Å². The van der Waals surface area contributed by atoms with Crippen molar-refractivity contribution in [2.75, 3.05) is 5.32 Å². The largest absolute Gasteiger partial charge is 0.341 e. The van der Waals surface area contributed by atoms with Crippen LogP contribution < -0.4 is 11.1 Å². The molecule has 0 aliphatic heterocycles. The highest BCUT2D eigenvalue weighted by Gasteiger charge is 2.15. The number of fused-ring (bicyclic) bond motifs is 1. The number of hydrogen-bond acceptors (Lipinski definition) is 7. The van der Waals surface area contributed by atoms with Crippen molar-refractivity contribution in [3.8, 4) is 0 Å². The number of aromatic nitrogens is 5. The minimum absolute atomic E-state index is 0.0694. The maximum absolute atomic E-state index is 12.1. The number of carbonyl (C=O) groups excluding carboxylic acids is 1. The third-order valence-corrected chi connectivity index (χ3v) is 3.93. The second kappa shape index (κ2) is 5.35. The van der Waals surface area contributed by atoms with E-state index in [0.29, 0.717) is 16.2 Å². The van der Waals surface area contributed by atoms with Crippen molar-refractivity contribution >= 4 is 46.0 Å². The van der Waals surface area contributed by atoms with Crippen LogP contribution in [0.15, 0.2) is 11.7 Å².